The highest BCUT2D eigenvalue weighted by atomic mass is 16.6. The zero-order valence-electron chi connectivity index (χ0n) is 19.2. The van der Waals surface area contributed by atoms with Crippen molar-refractivity contribution < 1.29 is 33.6 Å². The van der Waals surface area contributed by atoms with E-state index in [1.807, 2.05) is 0 Å². The van der Waals surface area contributed by atoms with E-state index in [1.54, 1.807) is 0 Å². The standard InChI is InChI=1S/C23H46O7/c1-2-3-4-5-6-7-8-9-10-11-12-13-26-14-15-27-16-17-28-18-19-29-20-21-30-22-23(24)25/h2-22H2,1H3,(H,24,25). The Kier molecular flexibility index (Phi) is 25.7. The molecule has 0 aromatic carbocycles. The summed E-state index contributed by atoms with van der Waals surface area (Å²) in [6.45, 7) is 6.68. The normalized spacial score (nSPS) is 11.2. The van der Waals surface area contributed by atoms with Crippen LogP contribution in [0.5, 0.6) is 0 Å². The Morgan fingerprint density at radius 2 is 0.833 bits per heavy atom. The van der Waals surface area contributed by atoms with Crippen LogP contribution in [0.1, 0.15) is 77.6 Å². The van der Waals surface area contributed by atoms with Gasteiger partial charge in [-0.3, -0.25) is 0 Å². The molecule has 0 aliphatic carbocycles. The number of unbranched alkanes of at least 4 members (excludes halogenated alkanes) is 10. The quantitative estimate of drug-likeness (QED) is 0.201. The van der Waals surface area contributed by atoms with E-state index in [9.17, 15) is 4.79 Å². The van der Waals surface area contributed by atoms with Crippen LogP contribution in [0, 0.1) is 0 Å². The molecule has 0 heterocycles. The molecule has 0 aliphatic heterocycles. The summed E-state index contributed by atoms with van der Waals surface area (Å²) in [7, 11) is 0. The maximum atomic E-state index is 10.2. The molecule has 0 unspecified atom stereocenters. The fraction of sp³-hybridized carbons (Fsp3) is 0.957. The number of carboxylic acids is 1. The number of aliphatic carboxylic acids is 1. The van der Waals surface area contributed by atoms with E-state index in [0.717, 1.165) is 13.0 Å². The molecule has 0 atom stereocenters. The molecule has 0 radical (unpaired) electrons. The second kappa shape index (κ2) is 26.3. The lowest BCUT2D eigenvalue weighted by Crippen LogP contribution is -2.14. The van der Waals surface area contributed by atoms with Gasteiger partial charge in [-0.05, 0) is 6.42 Å². The van der Waals surface area contributed by atoms with E-state index in [2.05, 4.69) is 6.92 Å². The Bertz CT molecular complexity index is 340. The van der Waals surface area contributed by atoms with Crippen molar-refractivity contribution in [3.05, 3.63) is 0 Å². The predicted octanol–water partition coefficient (Wildman–Crippen LogP) is 4.47. The summed E-state index contributed by atoms with van der Waals surface area (Å²) in [5, 5.41) is 8.39. The first-order valence-corrected chi connectivity index (χ1v) is 11.9. The number of carbonyl (C=O) groups is 1. The van der Waals surface area contributed by atoms with Crippen LogP contribution in [0.3, 0.4) is 0 Å². The first-order valence-electron chi connectivity index (χ1n) is 11.9. The highest BCUT2D eigenvalue weighted by Gasteiger charge is 1.97. The zero-order valence-corrected chi connectivity index (χ0v) is 19.2. The molecule has 0 saturated heterocycles. The van der Waals surface area contributed by atoms with E-state index in [1.165, 1.54) is 64.2 Å². The molecular weight excluding hydrogens is 388 g/mol. The third-order valence-electron chi connectivity index (χ3n) is 4.61. The van der Waals surface area contributed by atoms with Crippen molar-refractivity contribution in [3.63, 3.8) is 0 Å². The van der Waals surface area contributed by atoms with Crippen molar-refractivity contribution in [1.29, 1.82) is 0 Å². The van der Waals surface area contributed by atoms with Crippen molar-refractivity contribution in [1.82, 2.24) is 0 Å². The molecule has 7 heteroatoms. The molecule has 0 amide bonds. The third-order valence-corrected chi connectivity index (χ3v) is 4.61. The number of hydrogen-bond acceptors (Lipinski definition) is 6. The minimum atomic E-state index is -0.974. The molecular formula is C23H46O7. The van der Waals surface area contributed by atoms with E-state index in [0.29, 0.717) is 46.2 Å². The Labute approximate surface area is 183 Å². The van der Waals surface area contributed by atoms with Crippen molar-refractivity contribution in [2.45, 2.75) is 77.6 Å². The van der Waals surface area contributed by atoms with Crippen LogP contribution >= 0.6 is 0 Å². The summed E-state index contributed by atoms with van der Waals surface area (Å²) >= 11 is 0. The molecule has 0 aromatic rings. The first-order chi connectivity index (χ1) is 14.8. The van der Waals surface area contributed by atoms with Crippen molar-refractivity contribution in [2.75, 3.05) is 66.1 Å². The number of rotatable bonds is 26. The maximum Gasteiger partial charge on any atom is 0.329 e. The van der Waals surface area contributed by atoms with Gasteiger partial charge in [-0.15, -0.1) is 0 Å². The van der Waals surface area contributed by atoms with Gasteiger partial charge in [0, 0.05) is 6.61 Å². The number of carboxylic acid groups (broad SMARTS) is 1. The summed E-state index contributed by atoms with van der Waals surface area (Å²) in [6, 6.07) is 0. The summed E-state index contributed by atoms with van der Waals surface area (Å²) in [4.78, 5) is 10.2. The van der Waals surface area contributed by atoms with Crippen LogP contribution in [0.4, 0.5) is 0 Å². The van der Waals surface area contributed by atoms with E-state index in [-0.39, 0.29) is 13.2 Å². The average Bonchev–Trinajstić information content (AvgIpc) is 2.73. The summed E-state index contributed by atoms with van der Waals surface area (Å²) in [5.41, 5.74) is 0. The van der Waals surface area contributed by atoms with Gasteiger partial charge in [-0.2, -0.15) is 0 Å². The zero-order chi connectivity index (χ0) is 22.0. The minimum absolute atomic E-state index is 0.272. The topological polar surface area (TPSA) is 83.5 Å². The Morgan fingerprint density at radius 1 is 0.500 bits per heavy atom. The Hall–Kier alpha value is -0.730. The van der Waals surface area contributed by atoms with Gasteiger partial charge in [0.2, 0.25) is 0 Å². The van der Waals surface area contributed by atoms with Crippen LogP contribution < -0.4 is 0 Å². The van der Waals surface area contributed by atoms with E-state index >= 15 is 0 Å². The monoisotopic (exact) mass is 434 g/mol. The molecule has 0 spiro atoms. The van der Waals surface area contributed by atoms with Gasteiger partial charge in [-0.1, -0.05) is 71.1 Å². The number of hydrogen-bond donors (Lipinski definition) is 1. The van der Waals surface area contributed by atoms with Crippen LogP contribution in [0.15, 0.2) is 0 Å². The molecule has 0 aromatic heterocycles. The molecule has 0 rings (SSSR count). The lowest BCUT2D eigenvalue weighted by atomic mass is 10.1. The lowest BCUT2D eigenvalue weighted by molar-refractivity contribution is -0.142. The Morgan fingerprint density at radius 3 is 1.23 bits per heavy atom. The van der Waals surface area contributed by atoms with Gasteiger partial charge in [-0.25, -0.2) is 4.79 Å². The Balaban J connectivity index is 2.99. The van der Waals surface area contributed by atoms with Gasteiger partial charge in [0.15, 0.2) is 0 Å². The van der Waals surface area contributed by atoms with E-state index < -0.39 is 5.97 Å². The van der Waals surface area contributed by atoms with Crippen molar-refractivity contribution in [2.24, 2.45) is 0 Å². The largest absolute Gasteiger partial charge is 0.480 e. The first kappa shape index (κ1) is 29.3. The second-order valence-corrected chi connectivity index (χ2v) is 7.43. The second-order valence-electron chi connectivity index (χ2n) is 7.43. The van der Waals surface area contributed by atoms with Crippen LogP contribution in [-0.2, 0) is 28.5 Å². The van der Waals surface area contributed by atoms with Crippen LogP contribution in [0.25, 0.3) is 0 Å². The average molecular weight is 435 g/mol. The SMILES string of the molecule is CCCCCCCCCCCCCOCCOCCOCCOCCOCC(=O)O. The molecule has 0 bridgehead atoms. The van der Waals surface area contributed by atoms with Gasteiger partial charge < -0.3 is 28.8 Å². The molecule has 0 fully saturated rings. The molecule has 1 N–H and O–H groups in total. The predicted molar refractivity (Wildman–Crippen MR) is 118 cm³/mol. The minimum Gasteiger partial charge on any atom is -0.480 e. The molecule has 30 heavy (non-hydrogen) atoms. The van der Waals surface area contributed by atoms with Gasteiger partial charge >= 0.3 is 5.97 Å². The van der Waals surface area contributed by atoms with Crippen LogP contribution in [-0.4, -0.2) is 77.1 Å². The highest BCUT2D eigenvalue weighted by Crippen LogP contribution is 2.11. The fourth-order valence-electron chi connectivity index (χ4n) is 2.91. The molecule has 0 aliphatic rings. The maximum absolute atomic E-state index is 10.2. The summed E-state index contributed by atoms with van der Waals surface area (Å²) in [6.07, 6.45) is 14.8. The highest BCUT2D eigenvalue weighted by molar-refractivity contribution is 5.67. The molecule has 180 valence electrons. The van der Waals surface area contributed by atoms with Gasteiger partial charge in [0.25, 0.3) is 0 Å². The number of ether oxygens (including phenoxy) is 5. The lowest BCUT2D eigenvalue weighted by Gasteiger charge is -2.07. The molecule has 0 saturated carbocycles. The smallest absolute Gasteiger partial charge is 0.329 e. The van der Waals surface area contributed by atoms with Crippen molar-refractivity contribution in [3.8, 4) is 0 Å². The molecule has 7 nitrogen and oxygen atoms in total. The summed E-state index contributed by atoms with van der Waals surface area (Å²) in [5.74, 6) is -0.974. The van der Waals surface area contributed by atoms with Crippen LogP contribution in [0.2, 0.25) is 0 Å². The van der Waals surface area contributed by atoms with Crippen molar-refractivity contribution >= 4 is 5.97 Å². The summed E-state index contributed by atoms with van der Waals surface area (Å²) < 4.78 is 26.5. The van der Waals surface area contributed by atoms with E-state index in [4.69, 9.17) is 28.8 Å². The third kappa shape index (κ3) is 27.3. The fourth-order valence-corrected chi connectivity index (χ4v) is 2.91. The van der Waals surface area contributed by atoms with Gasteiger partial charge in [0.05, 0.1) is 52.9 Å². The van der Waals surface area contributed by atoms with Gasteiger partial charge in [0.1, 0.15) is 6.61 Å².